The van der Waals surface area contributed by atoms with Gasteiger partial charge >= 0.3 is 0 Å². The van der Waals surface area contributed by atoms with Gasteiger partial charge in [-0.1, -0.05) is 0 Å². The van der Waals surface area contributed by atoms with Crippen molar-refractivity contribution in [3.63, 3.8) is 0 Å². The molecule has 6 nitrogen and oxygen atoms in total. The lowest BCUT2D eigenvalue weighted by molar-refractivity contribution is 0.0357. The van der Waals surface area contributed by atoms with Crippen LogP contribution in [0, 0.1) is 0 Å². The molecular weight excluding hydrogens is 332 g/mol. The van der Waals surface area contributed by atoms with Crippen LogP contribution >= 0.6 is 0 Å². The summed E-state index contributed by atoms with van der Waals surface area (Å²) in [6.45, 7) is 11.2. The fourth-order valence-corrected chi connectivity index (χ4v) is 3.24. The van der Waals surface area contributed by atoms with Crippen molar-refractivity contribution in [2.24, 2.45) is 0 Å². The molecule has 0 spiro atoms. The van der Waals surface area contributed by atoms with Crippen molar-refractivity contribution in [2.45, 2.75) is 12.8 Å². The molecule has 1 aromatic rings. The Bertz CT molecular complexity index is 440. The van der Waals surface area contributed by atoms with Crippen LogP contribution in [-0.4, -0.2) is 88.7 Å². The largest absolute Gasteiger partial charge is 0.494 e. The number of ether oxygens (including phenoxy) is 4. The lowest BCUT2D eigenvalue weighted by Gasteiger charge is -2.26. The van der Waals surface area contributed by atoms with E-state index < -0.39 is 0 Å². The summed E-state index contributed by atoms with van der Waals surface area (Å²) in [6.07, 6.45) is 2.08. The Kier molecular flexibility index (Phi) is 8.51. The summed E-state index contributed by atoms with van der Waals surface area (Å²) in [7, 11) is 0. The molecule has 26 heavy (non-hydrogen) atoms. The molecular formula is C20H32N2O4. The minimum Gasteiger partial charge on any atom is -0.494 e. The summed E-state index contributed by atoms with van der Waals surface area (Å²) >= 11 is 0. The van der Waals surface area contributed by atoms with E-state index >= 15 is 0 Å². The number of rotatable bonds is 10. The zero-order valence-corrected chi connectivity index (χ0v) is 15.7. The maximum atomic E-state index is 5.83. The van der Waals surface area contributed by atoms with Crippen LogP contribution < -0.4 is 9.47 Å². The third-order valence-corrected chi connectivity index (χ3v) is 4.81. The van der Waals surface area contributed by atoms with Gasteiger partial charge in [0.05, 0.1) is 39.6 Å². The van der Waals surface area contributed by atoms with E-state index in [1.165, 1.54) is 0 Å². The van der Waals surface area contributed by atoms with Gasteiger partial charge < -0.3 is 18.9 Å². The van der Waals surface area contributed by atoms with Crippen molar-refractivity contribution in [2.75, 3.05) is 78.9 Å². The van der Waals surface area contributed by atoms with Gasteiger partial charge in [-0.3, -0.25) is 9.80 Å². The predicted molar refractivity (Wildman–Crippen MR) is 101 cm³/mol. The molecule has 0 aliphatic carbocycles. The Morgan fingerprint density at radius 2 is 1.04 bits per heavy atom. The molecule has 2 aliphatic rings. The van der Waals surface area contributed by atoms with Gasteiger partial charge in [-0.25, -0.2) is 0 Å². The topological polar surface area (TPSA) is 43.4 Å². The van der Waals surface area contributed by atoms with Crippen molar-refractivity contribution in [1.82, 2.24) is 9.80 Å². The van der Waals surface area contributed by atoms with Crippen LogP contribution in [0.1, 0.15) is 12.8 Å². The molecule has 3 rings (SSSR count). The van der Waals surface area contributed by atoms with Gasteiger partial charge in [-0.2, -0.15) is 0 Å². The minimum atomic E-state index is 0.747. The van der Waals surface area contributed by atoms with Gasteiger partial charge in [-0.05, 0) is 37.1 Å². The Morgan fingerprint density at radius 1 is 0.654 bits per heavy atom. The molecule has 2 saturated heterocycles. The normalized spacial score (nSPS) is 19.4. The van der Waals surface area contributed by atoms with E-state index in [-0.39, 0.29) is 0 Å². The first-order valence-corrected chi connectivity index (χ1v) is 9.86. The maximum Gasteiger partial charge on any atom is 0.119 e. The molecule has 6 heteroatoms. The Labute approximate surface area is 157 Å². The first-order chi connectivity index (χ1) is 12.9. The van der Waals surface area contributed by atoms with Crippen molar-refractivity contribution >= 4 is 0 Å². The highest BCUT2D eigenvalue weighted by atomic mass is 16.5. The second-order valence-electron chi connectivity index (χ2n) is 6.78. The number of hydrogen-bond acceptors (Lipinski definition) is 6. The van der Waals surface area contributed by atoms with Crippen molar-refractivity contribution in [3.8, 4) is 11.5 Å². The predicted octanol–water partition coefficient (Wildman–Crippen LogP) is 1.89. The molecule has 2 aliphatic heterocycles. The fourth-order valence-electron chi connectivity index (χ4n) is 3.24. The summed E-state index contributed by atoms with van der Waals surface area (Å²) in [5, 5.41) is 0. The van der Waals surface area contributed by atoms with E-state index in [0.717, 1.165) is 103 Å². The molecule has 1 aromatic carbocycles. The zero-order chi connectivity index (χ0) is 17.9. The molecule has 0 radical (unpaired) electrons. The van der Waals surface area contributed by atoms with Crippen LogP contribution in [0.4, 0.5) is 0 Å². The fraction of sp³-hybridized carbons (Fsp3) is 0.700. The van der Waals surface area contributed by atoms with Crippen LogP contribution in [0.15, 0.2) is 24.3 Å². The van der Waals surface area contributed by atoms with Crippen molar-refractivity contribution in [1.29, 1.82) is 0 Å². The molecule has 0 N–H and O–H groups in total. The number of morpholine rings is 2. The molecule has 2 heterocycles. The summed E-state index contributed by atoms with van der Waals surface area (Å²) in [5.74, 6) is 1.82. The van der Waals surface area contributed by atoms with Crippen molar-refractivity contribution in [3.05, 3.63) is 24.3 Å². The monoisotopic (exact) mass is 364 g/mol. The Hall–Kier alpha value is -1.34. The highest BCUT2D eigenvalue weighted by Crippen LogP contribution is 2.18. The van der Waals surface area contributed by atoms with Crippen LogP contribution in [0.3, 0.4) is 0 Å². The van der Waals surface area contributed by atoms with Crippen molar-refractivity contribution < 1.29 is 18.9 Å². The molecule has 2 fully saturated rings. The highest BCUT2D eigenvalue weighted by molar-refractivity contribution is 5.31. The summed E-state index contributed by atoms with van der Waals surface area (Å²) < 4.78 is 22.4. The molecule has 0 bridgehead atoms. The van der Waals surface area contributed by atoms with E-state index in [1.807, 2.05) is 24.3 Å². The standard InChI is InChI=1S/C20H32N2O4/c1(7-21-9-15-23-16-10-21)13-25-19-3-5-20(6-4-19)26-14-2-8-22-11-17-24-18-12-22/h3-6H,1-2,7-18H2. The van der Waals surface area contributed by atoms with Crippen LogP contribution in [-0.2, 0) is 9.47 Å². The maximum absolute atomic E-state index is 5.83. The summed E-state index contributed by atoms with van der Waals surface area (Å²) in [6, 6.07) is 7.97. The van der Waals surface area contributed by atoms with Gasteiger partial charge in [0.2, 0.25) is 0 Å². The highest BCUT2D eigenvalue weighted by Gasteiger charge is 2.10. The first kappa shape index (κ1) is 19.4. The molecule has 0 amide bonds. The molecule has 0 saturated carbocycles. The zero-order valence-electron chi connectivity index (χ0n) is 15.7. The van der Waals surface area contributed by atoms with E-state index in [0.29, 0.717) is 0 Å². The van der Waals surface area contributed by atoms with E-state index in [9.17, 15) is 0 Å². The molecule has 0 aromatic heterocycles. The van der Waals surface area contributed by atoms with Crippen LogP contribution in [0.5, 0.6) is 11.5 Å². The van der Waals surface area contributed by atoms with E-state index in [4.69, 9.17) is 18.9 Å². The summed E-state index contributed by atoms with van der Waals surface area (Å²) in [4.78, 5) is 4.86. The molecule has 146 valence electrons. The Balaban J connectivity index is 1.24. The minimum absolute atomic E-state index is 0.747. The second kappa shape index (κ2) is 11.4. The quantitative estimate of drug-likeness (QED) is 0.591. The molecule has 0 unspecified atom stereocenters. The van der Waals surface area contributed by atoms with Gasteiger partial charge in [-0.15, -0.1) is 0 Å². The number of nitrogens with zero attached hydrogens (tertiary/aromatic N) is 2. The lowest BCUT2D eigenvalue weighted by Crippen LogP contribution is -2.37. The number of hydrogen-bond donors (Lipinski definition) is 0. The van der Waals surface area contributed by atoms with E-state index in [2.05, 4.69) is 9.80 Å². The third-order valence-electron chi connectivity index (χ3n) is 4.81. The third kappa shape index (κ3) is 7.11. The average Bonchev–Trinajstić information content (AvgIpc) is 2.71. The van der Waals surface area contributed by atoms with Gasteiger partial charge in [0.25, 0.3) is 0 Å². The second-order valence-corrected chi connectivity index (χ2v) is 6.78. The Morgan fingerprint density at radius 3 is 1.42 bits per heavy atom. The molecule has 0 atom stereocenters. The van der Waals surface area contributed by atoms with Gasteiger partial charge in [0.1, 0.15) is 11.5 Å². The van der Waals surface area contributed by atoms with Crippen LogP contribution in [0.25, 0.3) is 0 Å². The van der Waals surface area contributed by atoms with Crippen LogP contribution in [0.2, 0.25) is 0 Å². The summed E-state index contributed by atoms with van der Waals surface area (Å²) in [5.41, 5.74) is 0. The van der Waals surface area contributed by atoms with E-state index in [1.54, 1.807) is 0 Å². The van der Waals surface area contributed by atoms with Gasteiger partial charge in [0.15, 0.2) is 0 Å². The van der Waals surface area contributed by atoms with Gasteiger partial charge in [0, 0.05) is 39.3 Å². The smallest absolute Gasteiger partial charge is 0.119 e. The number of benzene rings is 1. The SMILES string of the molecule is c1cc(OCCCN2CCOCC2)ccc1OCCCN1CCOCC1. The average molecular weight is 364 g/mol. The lowest BCUT2D eigenvalue weighted by atomic mass is 10.3. The first-order valence-electron chi connectivity index (χ1n) is 9.86.